The molecule has 0 amide bonds. The average Bonchev–Trinajstić information content (AvgIpc) is 2.68. The van der Waals surface area contributed by atoms with Crippen molar-refractivity contribution >= 4 is 40.9 Å². The summed E-state index contributed by atoms with van der Waals surface area (Å²) in [6.45, 7) is 0.314. The van der Waals surface area contributed by atoms with Crippen LogP contribution in [0, 0.1) is 10.1 Å². The Hall–Kier alpha value is -3.16. The van der Waals surface area contributed by atoms with E-state index in [4.69, 9.17) is 27.9 Å². The zero-order valence-corrected chi connectivity index (χ0v) is 15.9. The minimum Gasteiger partial charge on any atom is -0.489 e. The quantitative estimate of drug-likeness (QED) is 0.319. The highest BCUT2D eigenvalue weighted by atomic mass is 35.5. The molecule has 3 aromatic rings. The monoisotopic (exact) mass is 416 g/mol. The Morgan fingerprint density at radius 1 is 1.18 bits per heavy atom. The topological polar surface area (TPSA) is 89.7 Å². The number of nitro groups is 1. The lowest BCUT2D eigenvalue weighted by molar-refractivity contribution is -0.384. The maximum Gasteiger partial charge on any atom is 0.313 e. The van der Waals surface area contributed by atoms with Gasteiger partial charge in [0.25, 0.3) is 0 Å². The Morgan fingerprint density at radius 2 is 1.96 bits per heavy atom. The molecule has 7 nitrogen and oxygen atoms in total. The molecule has 0 aliphatic rings. The van der Waals surface area contributed by atoms with Crippen LogP contribution < -0.4 is 10.2 Å². The summed E-state index contributed by atoms with van der Waals surface area (Å²) in [4.78, 5) is 14.3. The molecule has 0 spiro atoms. The molecule has 3 rings (SSSR count). The number of rotatable bonds is 7. The highest BCUT2D eigenvalue weighted by Gasteiger charge is 2.12. The van der Waals surface area contributed by atoms with E-state index >= 15 is 0 Å². The molecule has 28 heavy (non-hydrogen) atoms. The maximum absolute atomic E-state index is 10.9. The minimum atomic E-state index is -0.524. The van der Waals surface area contributed by atoms with Gasteiger partial charge in [0.1, 0.15) is 12.4 Å². The van der Waals surface area contributed by atoms with Crippen molar-refractivity contribution in [2.45, 2.75) is 6.61 Å². The van der Waals surface area contributed by atoms with Gasteiger partial charge in [-0.1, -0.05) is 29.3 Å². The molecule has 2 aromatic carbocycles. The molecular formula is C19H14Cl2N4O3. The molecule has 0 fully saturated rings. The van der Waals surface area contributed by atoms with Crippen molar-refractivity contribution in [3.05, 3.63) is 92.1 Å². The molecule has 1 N–H and O–H groups in total. The number of hydrogen-bond acceptors (Lipinski definition) is 6. The zero-order valence-electron chi connectivity index (χ0n) is 14.4. The Labute approximate surface area is 170 Å². The van der Waals surface area contributed by atoms with Crippen LogP contribution in [0.2, 0.25) is 10.0 Å². The number of hydrogen-bond donors (Lipinski definition) is 1. The van der Waals surface area contributed by atoms with E-state index in [1.807, 2.05) is 6.07 Å². The van der Waals surface area contributed by atoms with Crippen molar-refractivity contribution in [1.82, 2.24) is 4.98 Å². The molecule has 1 heterocycles. The van der Waals surface area contributed by atoms with Crippen molar-refractivity contribution in [3.8, 4) is 5.75 Å². The molecule has 0 aliphatic carbocycles. The van der Waals surface area contributed by atoms with Gasteiger partial charge in [-0.15, -0.1) is 0 Å². The number of aromatic nitrogens is 1. The highest BCUT2D eigenvalue weighted by Crippen LogP contribution is 2.23. The van der Waals surface area contributed by atoms with Crippen molar-refractivity contribution in [3.63, 3.8) is 0 Å². The molecule has 0 radical (unpaired) electrons. The fraction of sp³-hybridized carbons (Fsp3) is 0.0526. The molecule has 0 unspecified atom stereocenters. The fourth-order valence-electron chi connectivity index (χ4n) is 2.25. The summed E-state index contributed by atoms with van der Waals surface area (Å²) < 4.78 is 5.71. The van der Waals surface area contributed by atoms with E-state index in [0.717, 1.165) is 11.1 Å². The van der Waals surface area contributed by atoms with Gasteiger partial charge in [0.2, 0.25) is 5.82 Å². The van der Waals surface area contributed by atoms with E-state index in [-0.39, 0.29) is 11.5 Å². The second-order valence-corrected chi connectivity index (χ2v) is 6.44. The second-order valence-electron chi connectivity index (χ2n) is 5.59. The first-order valence-corrected chi connectivity index (χ1v) is 8.84. The van der Waals surface area contributed by atoms with Gasteiger partial charge in [-0.05, 0) is 48.0 Å². The zero-order chi connectivity index (χ0) is 19.9. The van der Waals surface area contributed by atoms with Gasteiger partial charge in [0.05, 0.1) is 11.1 Å². The third-order valence-corrected chi connectivity index (χ3v) is 4.24. The molecule has 0 saturated carbocycles. The van der Waals surface area contributed by atoms with E-state index in [0.29, 0.717) is 22.4 Å². The van der Waals surface area contributed by atoms with Crippen LogP contribution in [0.1, 0.15) is 11.1 Å². The van der Waals surface area contributed by atoms with Crippen LogP contribution in [0.15, 0.2) is 65.9 Å². The fourth-order valence-corrected chi connectivity index (χ4v) is 2.71. The molecule has 0 aliphatic heterocycles. The van der Waals surface area contributed by atoms with Gasteiger partial charge in [0.15, 0.2) is 0 Å². The normalized spacial score (nSPS) is 10.8. The molecular weight excluding hydrogens is 403 g/mol. The lowest BCUT2D eigenvalue weighted by Crippen LogP contribution is -1.99. The Kier molecular flexibility index (Phi) is 6.41. The number of ether oxygens (including phenoxy) is 1. The highest BCUT2D eigenvalue weighted by molar-refractivity contribution is 6.35. The lowest BCUT2D eigenvalue weighted by atomic mass is 10.2. The van der Waals surface area contributed by atoms with E-state index in [9.17, 15) is 10.1 Å². The van der Waals surface area contributed by atoms with Crippen LogP contribution in [0.3, 0.4) is 0 Å². The van der Waals surface area contributed by atoms with Crippen LogP contribution in [0.4, 0.5) is 11.5 Å². The SMILES string of the molecule is O=[N+]([O-])c1cccnc1N/N=C\c1ccc(OCc2ccc(Cl)cc2Cl)cc1. The predicted octanol–water partition coefficient (Wildman–Crippen LogP) is 5.32. The number of benzene rings is 2. The third kappa shape index (κ3) is 5.18. The first-order chi connectivity index (χ1) is 13.5. The largest absolute Gasteiger partial charge is 0.489 e. The van der Waals surface area contributed by atoms with Crippen molar-refractivity contribution < 1.29 is 9.66 Å². The Balaban J connectivity index is 1.58. The third-order valence-electron chi connectivity index (χ3n) is 3.66. The van der Waals surface area contributed by atoms with Crippen LogP contribution >= 0.6 is 23.2 Å². The van der Waals surface area contributed by atoms with Crippen LogP contribution in [-0.2, 0) is 6.61 Å². The number of nitrogens with zero attached hydrogens (tertiary/aromatic N) is 3. The summed E-state index contributed by atoms with van der Waals surface area (Å²) in [7, 11) is 0. The molecule has 0 bridgehead atoms. The number of nitrogens with one attached hydrogen (secondary N) is 1. The van der Waals surface area contributed by atoms with Crippen LogP contribution in [0.5, 0.6) is 5.75 Å². The number of halogens is 2. The summed E-state index contributed by atoms with van der Waals surface area (Å²) in [5, 5.41) is 16.0. The van der Waals surface area contributed by atoms with Gasteiger partial charge in [0, 0.05) is 27.9 Å². The van der Waals surface area contributed by atoms with E-state index < -0.39 is 4.92 Å². The number of pyridine rings is 1. The van der Waals surface area contributed by atoms with Crippen molar-refractivity contribution in [1.29, 1.82) is 0 Å². The van der Waals surface area contributed by atoms with Crippen LogP contribution in [0.25, 0.3) is 0 Å². The van der Waals surface area contributed by atoms with Gasteiger partial charge >= 0.3 is 5.69 Å². The average molecular weight is 417 g/mol. The summed E-state index contributed by atoms with van der Waals surface area (Å²) in [5.74, 6) is 0.736. The van der Waals surface area contributed by atoms with Gasteiger partial charge < -0.3 is 4.74 Å². The summed E-state index contributed by atoms with van der Waals surface area (Å²) in [6, 6.07) is 15.3. The van der Waals surface area contributed by atoms with Crippen molar-refractivity contribution in [2.24, 2.45) is 5.10 Å². The molecule has 0 atom stereocenters. The Bertz CT molecular complexity index is 1010. The standard InChI is InChI=1S/C19H14Cl2N4O3/c20-15-6-5-14(17(21)10-15)12-28-16-7-3-13(4-8-16)11-23-24-19-18(25(26)27)2-1-9-22-19/h1-11H,12H2,(H,22,24)/b23-11-. The number of hydrazone groups is 1. The number of anilines is 1. The van der Waals surface area contributed by atoms with Crippen LogP contribution in [-0.4, -0.2) is 16.1 Å². The van der Waals surface area contributed by atoms with Crippen molar-refractivity contribution in [2.75, 3.05) is 5.43 Å². The first-order valence-electron chi connectivity index (χ1n) is 8.08. The van der Waals surface area contributed by atoms with Gasteiger partial charge in [-0.2, -0.15) is 5.10 Å². The minimum absolute atomic E-state index is 0.0727. The Morgan fingerprint density at radius 3 is 2.68 bits per heavy atom. The molecule has 0 saturated heterocycles. The predicted molar refractivity (Wildman–Crippen MR) is 109 cm³/mol. The van der Waals surface area contributed by atoms with E-state index in [1.54, 1.807) is 36.4 Å². The summed E-state index contributed by atoms with van der Waals surface area (Å²) >= 11 is 12.0. The molecule has 9 heteroatoms. The molecule has 142 valence electrons. The van der Waals surface area contributed by atoms with E-state index in [2.05, 4.69) is 15.5 Å². The lowest BCUT2D eigenvalue weighted by Gasteiger charge is -2.08. The summed E-state index contributed by atoms with van der Waals surface area (Å²) in [5.41, 5.74) is 4.04. The smallest absolute Gasteiger partial charge is 0.313 e. The molecule has 1 aromatic heterocycles. The maximum atomic E-state index is 10.9. The first kappa shape index (κ1) is 19.6. The summed E-state index contributed by atoms with van der Waals surface area (Å²) in [6.07, 6.45) is 2.97. The van der Waals surface area contributed by atoms with Gasteiger partial charge in [-0.3, -0.25) is 15.5 Å². The van der Waals surface area contributed by atoms with Gasteiger partial charge in [-0.25, -0.2) is 4.98 Å². The second kappa shape index (κ2) is 9.16. The van der Waals surface area contributed by atoms with E-state index in [1.165, 1.54) is 24.5 Å².